The molecule has 2 rings (SSSR count). The van der Waals surface area contributed by atoms with Crippen molar-refractivity contribution in [2.45, 2.75) is 12.6 Å². The summed E-state index contributed by atoms with van der Waals surface area (Å²) in [6.07, 6.45) is 4.14. The van der Waals surface area contributed by atoms with E-state index >= 15 is 0 Å². The molecule has 3 nitrogen and oxygen atoms in total. The molecule has 1 aromatic heterocycles. The molecule has 1 saturated heterocycles. The minimum atomic E-state index is 0.409. The highest BCUT2D eigenvalue weighted by atomic mass is 79.9. The number of hydrogen-bond acceptors (Lipinski definition) is 2. The summed E-state index contributed by atoms with van der Waals surface area (Å²) in [6, 6.07) is 0. The molecule has 4 heteroatoms. The van der Waals surface area contributed by atoms with E-state index in [0.717, 1.165) is 17.6 Å². The summed E-state index contributed by atoms with van der Waals surface area (Å²) in [5, 5.41) is 4.09. The molecular weight excluding hydrogens is 196 g/mol. The van der Waals surface area contributed by atoms with Crippen LogP contribution in [0.3, 0.4) is 0 Å². The Morgan fingerprint density at radius 1 is 1.90 bits per heavy atom. The number of aromatic nitrogens is 2. The normalized spacial score (nSPS) is 23.1. The molecule has 0 bridgehead atoms. The fourth-order valence-electron chi connectivity index (χ4n) is 0.820. The van der Waals surface area contributed by atoms with Gasteiger partial charge in [-0.05, 0) is 15.9 Å². The van der Waals surface area contributed by atoms with Gasteiger partial charge in [0.2, 0.25) is 0 Å². The molecule has 0 spiro atoms. The third kappa shape index (κ3) is 1.38. The van der Waals surface area contributed by atoms with Gasteiger partial charge in [0.25, 0.3) is 0 Å². The first kappa shape index (κ1) is 6.37. The Balaban J connectivity index is 2.03. The molecule has 1 aromatic rings. The van der Waals surface area contributed by atoms with Crippen molar-refractivity contribution >= 4 is 15.9 Å². The second-order valence-corrected chi connectivity index (χ2v) is 3.25. The second kappa shape index (κ2) is 2.36. The number of hydrogen-bond donors (Lipinski definition) is 0. The SMILES string of the molecule is Brc1cnn(C[C@H]2CO2)c1. The largest absolute Gasteiger partial charge is 0.371 e. The molecule has 10 heavy (non-hydrogen) atoms. The standard InChI is InChI=1S/C6H7BrN2O/c7-5-1-8-9(2-5)3-6-4-10-6/h1-2,6H,3-4H2/t6-/m0/s1. The van der Waals surface area contributed by atoms with Crippen LogP contribution in [0.4, 0.5) is 0 Å². The molecule has 0 aromatic carbocycles. The lowest BCUT2D eigenvalue weighted by atomic mass is 10.5. The van der Waals surface area contributed by atoms with E-state index < -0.39 is 0 Å². The van der Waals surface area contributed by atoms with Gasteiger partial charge in [0.1, 0.15) is 6.10 Å². The van der Waals surface area contributed by atoms with E-state index in [-0.39, 0.29) is 0 Å². The Bertz CT molecular complexity index is 231. The quantitative estimate of drug-likeness (QED) is 0.672. The van der Waals surface area contributed by atoms with E-state index in [4.69, 9.17) is 4.74 Å². The van der Waals surface area contributed by atoms with E-state index in [9.17, 15) is 0 Å². The highest BCUT2D eigenvalue weighted by Crippen LogP contribution is 2.13. The van der Waals surface area contributed by atoms with Gasteiger partial charge < -0.3 is 4.74 Å². The molecule has 2 heterocycles. The number of halogens is 1. The third-order valence-corrected chi connectivity index (χ3v) is 1.80. The van der Waals surface area contributed by atoms with Gasteiger partial charge in [0.15, 0.2) is 0 Å². The van der Waals surface area contributed by atoms with Crippen LogP contribution in [0.5, 0.6) is 0 Å². The van der Waals surface area contributed by atoms with E-state index in [2.05, 4.69) is 21.0 Å². The van der Waals surface area contributed by atoms with Crippen LogP contribution in [0, 0.1) is 0 Å². The maximum Gasteiger partial charge on any atom is 0.100 e. The van der Waals surface area contributed by atoms with Crippen LogP contribution in [0.25, 0.3) is 0 Å². The monoisotopic (exact) mass is 202 g/mol. The van der Waals surface area contributed by atoms with Gasteiger partial charge in [-0.15, -0.1) is 0 Å². The molecule has 1 aliphatic rings. The maximum absolute atomic E-state index is 5.05. The molecule has 54 valence electrons. The summed E-state index contributed by atoms with van der Waals surface area (Å²) in [6.45, 7) is 1.77. The van der Waals surface area contributed by atoms with E-state index in [1.54, 1.807) is 6.20 Å². The van der Waals surface area contributed by atoms with Gasteiger partial charge in [0.05, 0.1) is 23.8 Å². The minimum Gasteiger partial charge on any atom is -0.371 e. The van der Waals surface area contributed by atoms with E-state index in [1.807, 2.05) is 10.9 Å². The van der Waals surface area contributed by atoms with Crippen molar-refractivity contribution in [1.82, 2.24) is 9.78 Å². The Labute approximate surface area is 67.1 Å². The van der Waals surface area contributed by atoms with Crippen molar-refractivity contribution in [1.29, 1.82) is 0 Å². The summed E-state index contributed by atoms with van der Waals surface area (Å²) in [5.74, 6) is 0. The van der Waals surface area contributed by atoms with Crippen LogP contribution < -0.4 is 0 Å². The lowest BCUT2D eigenvalue weighted by Gasteiger charge is -1.93. The molecule has 0 saturated carbocycles. The maximum atomic E-state index is 5.05. The van der Waals surface area contributed by atoms with Gasteiger partial charge >= 0.3 is 0 Å². The summed E-state index contributed by atoms with van der Waals surface area (Å²) in [5.41, 5.74) is 0. The average Bonchev–Trinajstić information content (AvgIpc) is 2.59. The first-order chi connectivity index (χ1) is 4.84. The van der Waals surface area contributed by atoms with Crippen molar-refractivity contribution in [2.75, 3.05) is 6.61 Å². The van der Waals surface area contributed by atoms with E-state index in [0.29, 0.717) is 6.10 Å². The zero-order valence-corrected chi connectivity index (χ0v) is 6.91. The fourth-order valence-corrected chi connectivity index (χ4v) is 1.15. The van der Waals surface area contributed by atoms with Crippen LogP contribution in [0.2, 0.25) is 0 Å². The highest BCUT2D eigenvalue weighted by Gasteiger charge is 2.22. The average molecular weight is 203 g/mol. The van der Waals surface area contributed by atoms with Crippen LogP contribution >= 0.6 is 15.9 Å². The first-order valence-electron chi connectivity index (χ1n) is 3.14. The van der Waals surface area contributed by atoms with E-state index in [1.165, 1.54) is 0 Å². The summed E-state index contributed by atoms with van der Waals surface area (Å²) in [4.78, 5) is 0. The smallest absolute Gasteiger partial charge is 0.100 e. The first-order valence-corrected chi connectivity index (χ1v) is 3.93. The number of epoxide rings is 1. The van der Waals surface area contributed by atoms with Crippen LogP contribution in [0.1, 0.15) is 0 Å². The highest BCUT2D eigenvalue weighted by molar-refractivity contribution is 9.10. The number of ether oxygens (including phenoxy) is 1. The third-order valence-electron chi connectivity index (χ3n) is 1.39. The lowest BCUT2D eigenvalue weighted by Crippen LogP contribution is -2.03. The topological polar surface area (TPSA) is 30.4 Å². The van der Waals surface area contributed by atoms with Crippen molar-refractivity contribution in [3.63, 3.8) is 0 Å². The molecule has 0 radical (unpaired) electrons. The Morgan fingerprint density at radius 2 is 2.70 bits per heavy atom. The van der Waals surface area contributed by atoms with Gasteiger partial charge in [0, 0.05) is 6.20 Å². The lowest BCUT2D eigenvalue weighted by molar-refractivity contribution is 0.373. The zero-order valence-electron chi connectivity index (χ0n) is 5.33. The predicted octanol–water partition coefficient (Wildman–Crippen LogP) is 1.04. The molecule has 0 N–H and O–H groups in total. The Hall–Kier alpha value is -0.350. The molecule has 0 unspecified atom stereocenters. The Kier molecular flexibility index (Phi) is 1.50. The van der Waals surface area contributed by atoms with Crippen molar-refractivity contribution < 1.29 is 4.74 Å². The number of nitrogens with zero attached hydrogens (tertiary/aromatic N) is 2. The fraction of sp³-hybridized carbons (Fsp3) is 0.500. The molecule has 0 aliphatic carbocycles. The molecule has 1 fully saturated rings. The van der Waals surface area contributed by atoms with Crippen molar-refractivity contribution in [2.24, 2.45) is 0 Å². The second-order valence-electron chi connectivity index (χ2n) is 2.34. The van der Waals surface area contributed by atoms with Crippen molar-refractivity contribution in [3.05, 3.63) is 16.9 Å². The van der Waals surface area contributed by atoms with Gasteiger partial charge in [-0.3, -0.25) is 4.68 Å². The van der Waals surface area contributed by atoms with Crippen LogP contribution in [-0.4, -0.2) is 22.5 Å². The predicted molar refractivity (Wildman–Crippen MR) is 39.7 cm³/mol. The molecule has 1 atom stereocenters. The zero-order chi connectivity index (χ0) is 6.97. The van der Waals surface area contributed by atoms with Gasteiger partial charge in [-0.25, -0.2) is 0 Å². The summed E-state index contributed by atoms with van der Waals surface area (Å²) in [7, 11) is 0. The molecular formula is C6H7BrN2O. The van der Waals surface area contributed by atoms with Gasteiger partial charge in [-0.2, -0.15) is 5.10 Å². The molecule has 0 amide bonds. The molecule has 1 aliphatic heterocycles. The Morgan fingerprint density at radius 3 is 3.20 bits per heavy atom. The number of rotatable bonds is 2. The minimum absolute atomic E-state index is 0.409. The van der Waals surface area contributed by atoms with Crippen LogP contribution in [0.15, 0.2) is 16.9 Å². The van der Waals surface area contributed by atoms with Crippen molar-refractivity contribution in [3.8, 4) is 0 Å². The van der Waals surface area contributed by atoms with Crippen LogP contribution in [-0.2, 0) is 11.3 Å². The summed E-state index contributed by atoms with van der Waals surface area (Å²) < 4.78 is 7.94. The summed E-state index contributed by atoms with van der Waals surface area (Å²) >= 11 is 3.32. The van der Waals surface area contributed by atoms with Gasteiger partial charge in [-0.1, -0.05) is 0 Å².